The van der Waals surface area contributed by atoms with Crippen molar-refractivity contribution < 1.29 is 12.8 Å². The molecule has 1 aliphatic rings. The van der Waals surface area contributed by atoms with E-state index in [9.17, 15) is 12.8 Å². The van der Waals surface area contributed by atoms with E-state index in [1.807, 2.05) is 0 Å². The third-order valence-electron chi connectivity index (χ3n) is 2.61. The van der Waals surface area contributed by atoms with Gasteiger partial charge in [0.2, 0.25) is 0 Å². The van der Waals surface area contributed by atoms with Gasteiger partial charge in [-0.2, -0.15) is 22.2 Å². The van der Waals surface area contributed by atoms with Gasteiger partial charge in [0.15, 0.2) is 0 Å². The van der Waals surface area contributed by atoms with Crippen molar-refractivity contribution in [3.63, 3.8) is 0 Å². The predicted octanol–water partition coefficient (Wildman–Crippen LogP) is 0.616. The Morgan fingerprint density at radius 1 is 1.50 bits per heavy atom. The third kappa shape index (κ3) is 2.99. The van der Waals surface area contributed by atoms with Crippen LogP contribution in [0.25, 0.3) is 0 Å². The molecular weight excluding hydrogens is 259 g/mol. The van der Waals surface area contributed by atoms with E-state index in [0.29, 0.717) is 12.2 Å². The molecule has 0 aromatic rings. The van der Waals surface area contributed by atoms with Gasteiger partial charge in [-0.15, -0.1) is 0 Å². The highest BCUT2D eigenvalue weighted by Gasteiger charge is 2.27. The third-order valence-corrected chi connectivity index (χ3v) is 4.35. The monoisotopic (exact) mass is 278 g/mol. The number of hydrazone groups is 1. The predicted molar refractivity (Wildman–Crippen MR) is 68.8 cm³/mol. The second-order valence-corrected chi connectivity index (χ2v) is 6.14. The molecule has 0 aromatic carbocycles. The molecule has 1 aliphatic heterocycles. The van der Waals surface area contributed by atoms with Gasteiger partial charge in [0.1, 0.15) is 12.5 Å². The largest absolute Gasteiger partial charge is 0.330 e. The lowest BCUT2D eigenvalue weighted by Gasteiger charge is -2.32. The first-order valence-electron chi connectivity index (χ1n) is 5.62. The van der Waals surface area contributed by atoms with E-state index in [2.05, 4.69) is 5.10 Å². The Bertz CT molecular complexity index is 445. The molecule has 1 atom stereocenters. The fourth-order valence-corrected chi connectivity index (χ4v) is 2.46. The van der Waals surface area contributed by atoms with Gasteiger partial charge in [-0.1, -0.05) is 6.08 Å². The van der Waals surface area contributed by atoms with Crippen molar-refractivity contribution in [3.8, 4) is 0 Å². The van der Waals surface area contributed by atoms with E-state index in [1.165, 1.54) is 27.4 Å². The van der Waals surface area contributed by atoms with Gasteiger partial charge in [-0.05, 0) is 13.8 Å². The van der Waals surface area contributed by atoms with Crippen LogP contribution in [0.3, 0.4) is 0 Å². The van der Waals surface area contributed by atoms with Crippen LogP contribution in [-0.2, 0) is 10.2 Å². The lowest BCUT2D eigenvalue weighted by Crippen LogP contribution is -2.45. The van der Waals surface area contributed by atoms with Crippen molar-refractivity contribution in [1.82, 2.24) is 13.6 Å². The summed E-state index contributed by atoms with van der Waals surface area (Å²) >= 11 is 0. The normalized spacial score (nSPS) is 19.6. The summed E-state index contributed by atoms with van der Waals surface area (Å²) in [6, 6.07) is 0. The fourth-order valence-electron chi connectivity index (χ4n) is 1.61. The molecule has 6 nitrogen and oxygen atoms in total. The lowest BCUT2D eigenvalue weighted by atomic mass is 10.2. The molecule has 1 unspecified atom stereocenters. The maximum absolute atomic E-state index is 13.3. The first-order valence-corrected chi connectivity index (χ1v) is 7.01. The average molecular weight is 278 g/mol. The fraction of sp³-hybridized carbons (Fsp3) is 0.700. The van der Waals surface area contributed by atoms with E-state index in [4.69, 9.17) is 0 Å². The maximum atomic E-state index is 13.3. The highest BCUT2D eigenvalue weighted by atomic mass is 32.2. The van der Waals surface area contributed by atoms with Crippen LogP contribution >= 0.6 is 0 Å². The average Bonchev–Trinajstić information content (AvgIpc) is 2.30. The Labute approximate surface area is 108 Å². The van der Waals surface area contributed by atoms with E-state index >= 15 is 0 Å². The van der Waals surface area contributed by atoms with Crippen molar-refractivity contribution >= 4 is 16.5 Å². The van der Waals surface area contributed by atoms with Gasteiger partial charge in [-0.3, -0.25) is 0 Å². The van der Waals surface area contributed by atoms with E-state index < -0.39 is 16.4 Å². The summed E-state index contributed by atoms with van der Waals surface area (Å²) in [4.78, 5) is 1.62. The van der Waals surface area contributed by atoms with Gasteiger partial charge < -0.3 is 4.90 Å². The molecule has 0 spiro atoms. The molecule has 0 amide bonds. The Morgan fingerprint density at radius 3 is 2.44 bits per heavy atom. The highest BCUT2D eigenvalue weighted by Crippen LogP contribution is 2.15. The molecule has 0 aromatic heterocycles. The first-order chi connectivity index (χ1) is 8.30. The van der Waals surface area contributed by atoms with Crippen LogP contribution < -0.4 is 0 Å². The van der Waals surface area contributed by atoms with Crippen molar-refractivity contribution in [3.05, 3.63) is 11.8 Å². The number of hydrogen-bond donors (Lipinski definition) is 0. The summed E-state index contributed by atoms with van der Waals surface area (Å²) in [5.41, 5.74) is 0.487. The number of alkyl halides is 1. The zero-order chi connectivity index (χ0) is 13.9. The SMILES string of the molecule is CC=C(C(C)F)N1C=NN(S(=O)(=O)N(C)C)CC1. The maximum Gasteiger partial charge on any atom is 0.318 e. The quantitative estimate of drug-likeness (QED) is 0.757. The molecule has 0 aliphatic carbocycles. The van der Waals surface area contributed by atoms with Gasteiger partial charge in [0.25, 0.3) is 0 Å². The smallest absolute Gasteiger partial charge is 0.318 e. The topological polar surface area (TPSA) is 56.2 Å². The highest BCUT2D eigenvalue weighted by molar-refractivity contribution is 7.86. The first kappa shape index (κ1) is 14.9. The van der Waals surface area contributed by atoms with Crippen LogP contribution in [0.4, 0.5) is 4.39 Å². The molecule has 0 radical (unpaired) electrons. The Morgan fingerprint density at radius 2 is 2.11 bits per heavy atom. The number of rotatable bonds is 4. The molecule has 1 rings (SSSR count). The minimum Gasteiger partial charge on any atom is -0.330 e. The van der Waals surface area contributed by atoms with Crippen molar-refractivity contribution in [2.45, 2.75) is 20.0 Å². The minimum absolute atomic E-state index is 0.196. The van der Waals surface area contributed by atoms with E-state index in [1.54, 1.807) is 17.9 Å². The van der Waals surface area contributed by atoms with Gasteiger partial charge in [0.05, 0.1) is 6.54 Å². The molecule has 0 fully saturated rings. The molecule has 8 heteroatoms. The van der Waals surface area contributed by atoms with Gasteiger partial charge in [-0.25, -0.2) is 4.39 Å². The Kier molecular flexibility index (Phi) is 4.69. The molecule has 0 bridgehead atoms. The van der Waals surface area contributed by atoms with E-state index in [0.717, 1.165) is 8.72 Å². The van der Waals surface area contributed by atoms with Crippen LogP contribution in [0, 0.1) is 0 Å². The number of allylic oxidation sites excluding steroid dienone is 2. The molecule has 0 N–H and O–H groups in total. The summed E-state index contributed by atoms with van der Waals surface area (Å²) in [6.07, 6.45) is 1.89. The van der Waals surface area contributed by atoms with Crippen molar-refractivity contribution in [2.24, 2.45) is 5.10 Å². The summed E-state index contributed by atoms with van der Waals surface area (Å²) in [6.45, 7) is 3.75. The molecule has 104 valence electrons. The Balaban J connectivity index is 2.85. The molecular formula is C10H19FN4O2S. The zero-order valence-corrected chi connectivity index (χ0v) is 11.9. The summed E-state index contributed by atoms with van der Waals surface area (Å²) in [5.74, 6) is 0. The van der Waals surface area contributed by atoms with Crippen LogP contribution in [0.5, 0.6) is 0 Å². The minimum atomic E-state index is -3.55. The summed E-state index contributed by atoms with van der Waals surface area (Å²) in [5, 5.41) is 3.85. The van der Waals surface area contributed by atoms with Gasteiger partial charge in [0, 0.05) is 26.3 Å². The van der Waals surface area contributed by atoms with Crippen LogP contribution in [-0.4, -0.2) is 61.7 Å². The van der Waals surface area contributed by atoms with Crippen molar-refractivity contribution in [1.29, 1.82) is 0 Å². The number of hydrogen-bond acceptors (Lipinski definition) is 4. The molecule has 1 heterocycles. The number of nitrogens with zero attached hydrogens (tertiary/aromatic N) is 4. The summed E-state index contributed by atoms with van der Waals surface area (Å²) < 4.78 is 39.0. The summed E-state index contributed by atoms with van der Waals surface area (Å²) in [7, 11) is -0.662. The second-order valence-electron chi connectivity index (χ2n) is 4.09. The number of halogens is 1. The van der Waals surface area contributed by atoms with E-state index in [-0.39, 0.29) is 6.54 Å². The zero-order valence-electron chi connectivity index (χ0n) is 11.0. The van der Waals surface area contributed by atoms with Crippen LogP contribution in [0.15, 0.2) is 16.9 Å². The van der Waals surface area contributed by atoms with Gasteiger partial charge >= 0.3 is 10.2 Å². The Hall–Kier alpha value is -1.15. The second kappa shape index (κ2) is 5.66. The molecule has 0 saturated heterocycles. The van der Waals surface area contributed by atoms with Crippen LogP contribution in [0.2, 0.25) is 0 Å². The lowest BCUT2D eigenvalue weighted by molar-refractivity contribution is 0.294. The van der Waals surface area contributed by atoms with Crippen LogP contribution in [0.1, 0.15) is 13.8 Å². The standard InChI is InChI=1S/C10H19FN4O2S/c1-5-10(9(2)11)14-6-7-15(12-8-14)18(16,17)13(3)4/h5,8-9H,6-7H2,1-4H3. The molecule has 0 saturated carbocycles. The van der Waals surface area contributed by atoms with Crippen molar-refractivity contribution in [2.75, 3.05) is 27.2 Å². The molecule has 18 heavy (non-hydrogen) atoms.